The highest BCUT2D eigenvalue weighted by molar-refractivity contribution is 4.84. The van der Waals surface area contributed by atoms with E-state index in [9.17, 15) is 0 Å². The van der Waals surface area contributed by atoms with Crippen LogP contribution >= 0.6 is 0 Å². The molecule has 0 aliphatic rings. The summed E-state index contributed by atoms with van der Waals surface area (Å²) < 4.78 is 0. The lowest BCUT2D eigenvalue weighted by atomic mass is 9.63. The molecule has 128 valence electrons. The smallest absolute Gasteiger partial charge is 0.0329 e. The van der Waals surface area contributed by atoms with Crippen molar-refractivity contribution in [2.45, 2.75) is 88.5 Å². The van der Waals surface area contributed by atoms with Crippen LogP contribution in [0.15, 0.2) is 0 Å². The summed E-state index contributed by atoms with van der Waals surface area (Å²) in [6.45, 7) is 24.3. The SMILES string of the molecule is CCC(C)CC(C(C)C)C(C(C)C)C(CC(C)C)C(C)C. The van der Waals surface area contributed by atoms with Crippen LogP contribution in [-0.2, 0) is 0 Å². The summed E-state index contributed by atoms with van der Waals surface area (Å²) in [7, 11) is 0. The number of hydrogen-bond donors (Lipinski definition) is 0. The fourth-order valence-corrected chi connectivity index (χ4v) is 4.23. The maximum absolute atomic E-state index is 2.46. The Morgan fingerprint density at radius 2 is 1.00 bits per heavy atom. The van der Waals surface area contributed by atoms with Crippen molar-refractivity contribution < 1.29 is 0 Å². The third-order valence-corrected chi connectivity index (χ3v) is 5.59. The van der Waals surface area contributed by atoms with E-state index in [0.717, 1.165) is 47.3 Å². The minimum absolute atomic E-state index is 0.799. The molecule has 0 amide bonds. The Labute approximate surface area is 136 Å². The molecule has 4 unspecified atom stereocenters. The van der Waals surface area contributed by atoms with Gasteiger partial charge < -0.3 is 0 Å². The standard InChI is InChI=1S/C21H44/c1-11-18(10)13-20(16(6)7)21(17(8)9)19(15(4)5)12-14(2)3/h14-21H,11-13H2,1-10H3. The summed E-state index contributed by atoms with van der Waals surface area (Å²) in [5.74, 6) is 6.72. The molecule has 0 bridgehead atoms. The summed E-state index contributed by atoms with van der Waals surface area (Å²) in [6, 6.07) is 0. The molecule has 0 aliphatic carbocycles. The molecule has 0 saturated carbocycles. The van der Waals surface area contributed by atoms with Crippen molar-refractivity contribution in [2.75, 3.05) is 0 Å². The lowest BCUT2D eigenvalue weighted by molar-refractivity contribution is 0.0652. The second-order valence-electron chi connectivity index (χ2n) is 9.02. The van der Waals surface area contributed by atoms with Gasteiger partial charge in [0, 0.05) is 0 Å². The van der Waals surface area contributed by atoms with Gasteiger partial charge >= 0.3 is 0 Å². The van der Waals surface area contributed by atoms with Gasteiger partial charge in [-0.2, -0.15) is 0 Å². The first-order valence-electron chi connectivity index (χ1n) is 9.61. The highest BCUT2D eigenvalue weighted by Crippen LogP contribution is 2.43. The first-order chi connectivity index (χ1) is 9.61. The largest absolute Gasteiger partial charge is 0.0651 e. The Bertz CT molecular complexity index is 249. The average Bonchev–Trinajstić information content (AvgIpc) is 2.35. The molecule has 4 atom stereocenters. The second kappa shape index (κ2) is 9.90. The molecule has 0 N–H and O–H groups in total. The highest BCUT2D eigenvalue weighted by atomic mass is 14.4. The zero-order chi connectivity index (χ0) is 16.7. The molecule has 0 fully saturated rings. The Balaban J connectivity index is 5.35. The van der Waals surface area contributed by atoms with E-state index in [4.69, 9.17) is 0 Å². The molecule has 0 aliphatic heterocycles. The van der Waals surface area contributed by atoms with E-state index in [-0.39, 0.29) is 0 Å². The van der Waals surface area contributed by atoms with Gasteiger partial charge in [-0.3, -0.25) is 0 Å². The second-order valence-corrected chi connectivity index (χ2v) is 9.02. The minimum Gasteiger partial charge on any atom is -0.0651 e. The Kier molecular flexibility index (Phi) is 9.90. The van der Waals surface area contributed by atoms with Gasteiger partial charge in [0.1, 0.15) is 0 Å². The van der Waals surface area contributed by atoms with Crippen molar-refractivity contribution in [1.82, 2.24) is 0 Å². The Morgan fingerprint density at radius 1 is 0.571 bits per heavy atom. The van der Waals surface area contributed by atoms with Crippen molar-refractivity contribution in [3.05, 3.63) is 0 Å². The summed E-state index contributed by atoms with van der Waals surface area (Å²) in [6.07, 6.45) is 4.13. The van der Waals surface area contributed by atoms with E-state index >= 15 is 0 Å². The quantitative estimate of drug-likeness (QED) is 0.397. The van der Waals surface area contributed by atoms with E-state index in [0.29, 0.717) is 0 Å². The predicted molar refractivity (Wildman–Crippen MR) is 98.5 cm³/mol. The minimum atomic E-state index is 0.799. The van der Waals surface area contributed by atoms with Crippen LogP contribution in [0, 0.1) is 47.3 Å². The molecule has 0 radical (unpaired) electrons. The fraction of sp³-hybridized carbons (Fsp3) is 1.00. The van der Waals surface area contributed by atoms with Gasteiger partial charge in [0.2, 0.25) is 0 Å². The summed E-state index contributed by atoms with van der Waals surface area (Å²) in [5, 5.41) is 0. The van der Waals surface area contributed by atoms with Crippen LogP contribution in [0.3, 0.4) is 0 Å². The molecule has 0 rings (SSSR count). The molecule has 0 nitrogen and oxygen atoms in total. The molecule has 0 aromatic carbocycles. The predicted octanol–water partition coefficient (Wildman–Crippen LogP) is 7.29. The van der Waals surface area contributed by atoms with E-state index in [1.54, 1.807) is 0 Å². The first kappa shape index (κ1) is 21.0. The Morgan fingerprint density at radius 3 is 1.29 bits per heavy atom. The van der Waals surface area contributed by atoms with E-state index < -0.39 is 0 Å². The lowest BCUT2D eigenvalue weighted by Crippen LogP contribution is -2.35. The first-order valence-corrected chi connectivity index (χ1v) is 9.61. The van der Waals surface area contributed by atoms with Gasteiger partial charge in [-0.1, -0.05) is 75.7 Å². The van der Waals surface area contributed by atoms with Crippen molar-refractivity contribution in [3.63, 3.8) is 0 Å². The van der Waals surface area contributed by atoms with Crippen LogP contribution < -0.4 is 0 Å². The average molecular weight is 297 g/mol. The Hall–Kier alpha value is 0. The highest BCUT2D eigenvalue weighted by Gasteiger charge is 2.35. The molecule has 0 heteroatoms. The summed E-state index contributed by atoms with van der Waals surface area (Å²) in [4.78, 5) is 0. The van der Waals surface area contributed by atoms with E-state index in [2.05, 4.69) is 69.2 Å². The number of rotatable bonds is 10. The molecule has 0 spiro atoms. The monoisotopic (exact) mass is 296 g/mol. The van der Waals surface area contributed by atoms with Crippen molar-refractivity contribution in [1.29, 1.82) is 0 Å². The van der Waals surface area contributed by atoms with Gasteiger partial charge in [0.05, 0.1) is 0 Å². The molecule has 0 heterocycles. The molecule has 0 aromatic rings. The van der Waals surface area contributed by atoms with Gasteiger partial charge in [-0.05, 0) is 60.2 Å². The topological polar surface area (TPSA) is 0 Å². The zero-order valence-electron chi connectivity index (χ0n) is 16.7. The van der Waals surface area contributed by atoms with Crippen LogP contribution in [0.2, 0.25) is 0 Å². The number of hydrogen-bond acceptors (Lipinski definition) is 0. The lowest BCUT2D eigenvalue weighted by Gasteiger charge is -2.42. The van der Waals surface area contributed by atoms with Crippen LogP contribution in [0.5, 0.6) is 0 Å². The van der Waals surface area contributed by atoms with Crippen LogP contribution in [-0.4, -0.2) is 0 Å². The summed E-state index contributed by atoms with van der Waals surface area (Å²) in [5.41, 5.74) is 0. The molecular weight excluding hydrogens is 252 g/mol. The normalized spacial score (nSPS) is 18.6. The molecule has 0 aromatic heterocycles. The maximum atomic E-state index is 2.46. The van der Waals surface area contributed by atoms with Crippen molar-refractivity contribution >= 4 is 0 Å². The van der Waals surface area contributed by atoms with Gasteiger partial charge in [-0.25, -0.2) is 0 Å². The van der Waals surface area contributed by atoms with Gasteiger partial charge in [-0.15, -0.1) is 0 Å². The molecule has 21 heavy (non-hydrogen) atoms. The van der Waals surface area contributed by atoms with Crippen LogP contribution in [0.1, 0.15) is 88.5 Å². The van der Waals surface area contributed by atoms with Gasteiger partial charge in [0.15, 0.2) is 0 Å². The molecule has 0 saturated heterocycles. The van der Waals surface area contributed by atoms with Crippen molar-refractivity contribution in [2.24, 2.45) is 47.3 Å². The maximum Gasteiger partial charge on any atom is -0.0329 e. The molecular formula is C21H44. The summed E-state index contributed by atoms with van der Waals surface area (Å²) >= 11 is 0. The van der Waals surface area contributed by atoms with Crippen LogP contribution in [0.4, 0.5) is 0 Å². The zero-order valence-corrected chi connectivity index (χ0v) is 16.7. The van der Waals surface area contributed by atoms with E-state index in [1.165, 1.54) is 19.3 Å². The van der Waals surface area contributed by atoms with Gasteiger partial charge in [0.25, 0.3) is 0 Å². The third kappa shape index (κ3) is 7.20. The fourth-order valence-electron chi connectivity index (χ4n) is 4.23. The third-order valence-electron chi connectivity index (χ3n) is 5.59. The van der Waals surface area contributed by atoms with Crippen LogP contribution in [0.25, 0.3) is 0 Å². The van der Waals surface area contributed by atoms with Crippen molar-refractivity contribution in [3.8, 4) is 0 Å². The van der Waals surface area contributed by atoms with E-state index in [1.807, 2.05) is 0 Å².